The second-order valence-corrected chi connectivity index (χ2v) is 6.81. The van der Waals surface area contributed by atoms with Gasteiger partial charge in [0.05, 0.1) is 16.4 Å². The van der Waals surface area contributed by atoms with Crippen LogP contribution in [0.3, 0.4) is 0 Å². The number of aryl methyl sites for hydroxylation is 1. The number of amides is 1. The molecule has 0 spiro atoms. The van der Waals surface area contributed by atoms with Gasteiger partial charge in [0.1, 0.15) is 18.0 Å². The molecule has 8 heteroatoms. The van der Waals surface area contributed by atoms with Crippen LogP contribution in [0.15, 0.2) is 53.5 Å². The molecule has 3 aromatic rings. The van der Waals surface area contributed by atoms with Crippen molar-refractivity contribution in [2.75, 3.05) is 16.5 Å². The first-order valence-electron chi connectivity index (χ1n) is 8.39. The van der Waals surface area contributed by atoms with Crippen molar-refractivity contribution in [1.82, 2.24) is 4.98 Å². The normalized spacial score (nSPS) is 13.6. The fraction of sp³-hybridized carbons (Fsp3) is 0.100. The number of fused-ring (bicyclic) bond motifs is 1. The highest BCUT2D eigenvalue weighted by molar-refractivity contribution is 6.31. The molecule has 0 saturated carbocycles. The van der Waals surface area contributed by atoms with Crippen molar-refractivity contribution in [3.8, 4) is 0 Å². The average molecular weight is 402 g/mol. The zero-order chi connectivity index (χ0) is 20.0. The third kappa shape index (κ3) is 2.93. The summed E-state index contributed by atoms with van der Waals surface area (Å²) < 4.78 is 28.4. The number of carbonyl (C=O) groups excluding carboxylic acids is 1. The lowest BCUT2D eigenvalue weighted by atomic mass is 10.0. The van der Waals surface area contributed by atoms with Crippen molar-refractivity contribution < 1.29 is 13.6 Å². The van der Waals surface area contributed by atoms with Crippen LogP contribution in [0.2, 0.25) is 5.02 Å². The van der Waals surface area contributed by atoms with Gasteiger partial charge in [-0.3, -0.25) is 14.5 Å². The van der Waals surface area contributed by atoms with Gasteiger partial charge in [0.25, 0.3) is 5.91 Å². The van der Waals surface area contributed by atoms with Gasteiger partial charge in [-0.25, -0.2) is 8.78 Å². The Balaban J connectivity index is 1.94. The molecule has 0 unspecified atom stereocenters. The van der Waals surface area contributed by atoms with Crippen molar-refractivity contribution in [1.29, 1.82) is 0 Å². The number of pyridine rings is 1. The molecule has 1 aromatic heterocycles. The van der Waals surface area contributed by atoms with Crippen molar-refractivity contribution in [2.24, 2.45) is 0 Å². The molecule has 5 nitrogen and oxygen atoms in total. The highest BCUT2D eigenvalue weighted by atomic mass is 35.5. The summed E-state index contributed by atoms with van der Waals surface area (Å²) in [5, 5.41) is -0.185. The van der Waals surface area contributed by atoms with Crippen molar-refractivity contribution in [2.45, 2.75) is 6.92 Å². The highest BCUT2D eigenvalue weighted by Crippen LogP contribution is 2.39. The van der Waals surface area contributed by atoms with Gasteiger partial charge in [0.2, 0.25) is 5.56 Å². The minimum Gasteiger partial charge on any atom is -0.329 e. The van der Waals surface area contributed by atoms with E-state index in [2.05, 4.69) is 4.98 Å². The maximum absolute atomic E-state index is 14.8. The van der Waals surface area contributed by atoms with E-state index in [1.165, 1.54) is 35.4 Å². The number of H-pyrrole nitrogens is 1. The number of rotatable bonds is 2. The van der Waals surface area contributed by atoms with Crippen molar-refractivity contribution >= 4 is 34.6 Å². The zero-order valence-corrected chi connectivity index (χ0v) is 15.4. The molecular formula is C20H14ClF2N3O2. The van der Waals surface area contributed by atoms with Gasteiger partial charge in [-0.2, -0.15) is 0 Å². The summed E-state index contributed by atoms with van der Waals surface area (Å²) in [7, 11) is 0. The molecule has 0 atom stereocenters. The highest BCUT2D eigenvalue weighted by Gasteiger charge is 2.35. The second kappa shape index (κ2) is 6.76. The third-order valence-electron chi connectivity index (χ3n) is 4.63. The van der Waals surface area contributed by atoms with Crippen molar-refractivity contribution in [3.05, 3.63) is 86.8 Å². The fourth-order valence-electron chi connectivity index (χ4n) is 3.31. The number of nitrogens with zero attached hydrogens (tertiary/aromatic N) is 2. The van der Waals surface area contributed by atoms with E-state index in [9.17, 15) is 18.4 Å². The Labute approximate surface area is 163 Å². The van der Waals surface area contributed by atoms with E-state index < -0.39 is 23.1 Å². The van der Waals surface area contributed by atoms with Crippen LogP contribution in [0.1, 0.15) is 15.9 Å². The molecule has 0 bridgehead atoms. The van der Waals surface area contributed by atoms with Crippen LogP contribution in [0.4, 0.5) is 25.8 Å². The number of carbonyl (C=O) groups is 1. The molecule has 142 valence electrons. The quantitative estimate of drug-likeness (QED) is 0.693. The summed E-state index contributed by atoms with van der Waals surface area (Å²) in [5.41, 5.74) is 1.24. The second-order valence-electron chi connectivity index (χ2n) is 6.40. The molecule has 0 saturated heterocycles. The summed E-state index contributed by atoms with van der Waals surface area (Å²) in [6.45, 7) is 1.74. The molecule has 2 aromatic carbocycles. The van der Waals surface area contributed by atoms with Crippen LogP contribution in [0.5, 0.6) is 0 Å². The molecule has 28 heavy (non-hydrogen) atoms. The van der Waals surface area contributed by atoms with Crippen molar-refractivity contribution in [3.63, 3.8) is 0 Å². The summed E-state index contributed by atoms with van der Waals surface area (Å²) in [5.74, 6) is -1.86. The molecule has 4 rings (SSSR count). The smallest absolute Gasteiger partial charge is 0.264 e. The molecule has 2 heterocycles. The molecule has 0 radical (unpaired) electrons. The van der Waals surface area contributed by atoms with E-state index in [0.29, 0.717) is 22.6 Å². The lowest BCUT2D eigenvalue weighted by molar-refractivity contribution is 0.0979. The van der Waals surface area contributed by atoms with Crippen LogP contribution >= 0.6 is 11.6 Å². The maximum Gasteiger partial charge on any atom is 0.264 e. The number of hydrogen-bond acceptors (Lipinski definition) is 3. The fourth-order valence-corrected chi connectivity index (χ4v) is 3.47. The molecular weight excluding hydrogens is 388 g/mol. The predicted octanol–water partition coefficient (Wildman–Crippen LogP) is 4.37. The summed E-state index contributed by atoms with van der Waals surface area (Å²) >= 11 is 5.91. The van der Waals surface area contributed by atoms with Crippen LogP contribution in [0, 0.1) is 18.6 Å². The number of nitrogens with one attached hydrogen (secondary N) is 1. The first-order valence-corrected chi connectivity index (χ1v) is 8.77. The number of anilines is 3. The minimum atomic E-state index is -0.844. The van der Waals surface area contributed by atoms with Crippen LogP contribution in [0.25, 0.3) is 0 Å². The first kappa shape index (κ1) is 18.2. The molecule has 1 aliphatic rings. The Morgan fingerprint density at radius 2 is 1.75 bits per heavy atom. The van der Waals surface area contributed by atoms with Gasteiger partial charge in [0, 0.05) is 18.0 Å². The SMILES string of the molecule is Cc1cc(F)ccc1N1CN(c2cc[nH]c(=O)c2)C(=O)c2c1ccc(Cl)c2F. The topological polar surface area (TPSA) is 56.4 Å². The Morgan fingerprint density at radius 1 is 1.00 bits per heavy atom. The van der Waals surface area contributed by atoms with Gasteiger partial charge in [-0.1, -0.05) is 11.6 Å². The molecule has 1 amide bonds. The average Bonchev–Trinajstić information content (AvgIpc) is 2.65. The van der Waals surface area contributed by atoms with E-state index in [0.717, 1.165) is 0 Å². The molecule has 1 N–H and O–H groups in total. The van der Waals surface area contributed by atoms with Gasteiger partial charge in [-0.15, -0.1) is 0 Å². The van der Waals surface area contributed by atoms with Crippen LogP contribution in [-0.2, 0) is 0 Å². The number of halogens is 3. The lowest BCUT2D eigenvalue weighted by Crippen LogP contribution is -2.46. The summed E-state index contributed by atoms with van der Waals surface area (Å²) in [4.78, 5) is 30.2. The monoisotopic (exact) mass is 401 g/mol. The van der Waals surface area contributed by atoms with E-state index in [-0.39, 0.29) is 17.3 Å². The van der Waals surface area contributed by atoms with E-state index >= 15 is 0 Å². The number of aromatic nitrogens is 1. The van der Waals surface area contributed by atoms with E-state index in [4.69, 9.17) is 11.6 Å². The zero-order valence-electron chi connectivity index (χ0n) is 14.7. The molecule has 1 aliphatic heterocycles. The Bertz CT molecular complexity index is 1160. The number of hydrogen-bond donors (Lipinski definition) is 1. The standard InChI is InChI=1S/C20H14ClF2N3O2/c1-11-8-12(22)2-4-15(11)26-10-25(13-6-7-24-17(27)9-13)20(28)18-16(26)5-3-14(21)19(18)23/h2-9H,10H2,1H3,(H,24,27). The number of aromatic amines is 1. The summed E-state index contributed by atoms with van der Waals surface area (Å²) in [6, 6.07) is 9.93. The van der Waals surface area contributed by atoms with Gasteiger partial charge >= 0.3 is 0 Å². The summed E-state index contributed by atoms with van der Waals surface area (Å²) in [6.07, 6.45) is 1.41. The largest absolute Gasteiger partial charge is 0.329 e. The molecule has 0 fully saturated rings. The lowest BCUT2D eigenvalue weighted by Gasteiger charge is -2.38. The van der Waals surface area contributed by atoms with Gasteiger partial charge in [-0.05, 0) is 48.9 Å². The number of benzene rings is 2. The van der Waals surface area contributed by atoms with E-state index in [1.54, 1.807) is 30.0 Å². The van der Waals surface area contributed by atoms with Gasteiger partial charge in [0.15, 0.2) is 5.82 Å². The van der Waals surface area contributed by atoms with E-state index in [1.807, 2.05) is 0 Å². The first-order chi connectivity index (χ1) is 13.4. The van der Waals surface area contributed by atoms with Crippen LogP contribution < -0.4 is 15.4 Å². The van der Waals surface area contributed by atoms with Gasteiger partial charge < -0.3 is 9.88 Å². The Kier molecular flexibility index (Phi) is 4.39. The maximum atomic E-state index is 14.8. The minimum absolute atomic E-state index is 0.0167. The third-order valence-corrected chi connectivity index (χ3v) is 4.92. The Morgan fingerprint density at radius 3 is 2.46 bits per heavy atom. The molecule has 0 aliphatic carbocycles. The Hall–Kier alpha value is -3.19. The van der Waals surface area contributed by atoms with Crippen LogP contribution in [-0.4, -0.2) is 17.6 Å². The predicted molar refractivity (Wildman–Crippen MR) is 103 cm³/mol.